The Hall–Kier alpha value is -4.41. The molecular weight excluding hydrogens is 600 g/mol. The number of nitrogens with one attached hydrogen (secondary N) is 4. The molecule has 0 aliphatic carbocycles. The molecule has 0 aliphatic rings. The number of carbonyl (C=O) groups excluding carboxylic acids is 5. The van der Waals surface area contributed by atoms with Gasteiger partial charge in [0, 0.05) is 37.8 Å². The molecule has 11 nitrogen and oxygen atoms in total. The van der Waals surface area contributed by atoms with E-state index < -0.39 is 59.6 Å². The molecule has 0 aliphatic heterocycles. The molecule has 2 aromatic carbocycles. The minimum atomic E-state index is -0.954. The Labute approximate surface area is 278 Å². The van der Waals surface area contributed by atoms with Crippen LogP contribution in [0.4, 0.5) is 4.79 Å². The van der Waals surface area contributed by atoms with Crippen molar-refractivity contribution in [2.75, 3.05) is 7.11 Å². The van der Waals surface area contributed by atoms with Crippen LogP contribution >= 0.6 is 0 Å². The zero-order chi connectivity index (χ0) is 35.1. The van der Waals surface area contributed by atoms with Gasteiger partial charge in [0.2, 0.25) is 17.7 Å². The van der Waals surface area contributed by atoms with Gasteiger partial charge in [-0.25, -0.2) is 9.59 Å². The van der Waals surface area contributed by atoms with Gasteiger partial charge in [-0.05, 0) is 43.7 Å². The Morgan fingerprint density at radius 2 is 1.06 bits per heavy atom. The van der Waals surface area contributed by atoms with Gasteiger partial charge in [-0.15, -0.1) is 0 Å². The van der Waals surface area contributed by atoms with E-state index in [9.17, 15) is 24.0 Å². The van der Waals surface area contributed by atoms with Crippen molar-refractivity contribution in [2.24, 2.45) is 11.8 Å². The van der Waals surface area contributed by atoms with Crippen molar-refractivity contribution in [1.29, 1.82) is 0 Å². The molecule has 258 valence electrons. The van der Waals surface area contributed by atoms with Crippen molar-refractivity contribution < 1.29 is 33.4 Å². The minimum absolute atomic E-state index is 0.0676. The maximum absolute atomic E-state index is 13.7. The van der Waals surface area contributed by atoms with Crippen LogP contribution in [0.3, 0.4) is 0 Å². The van der Waals surface area contributed by atoms with E-state index in [0.717, 1.165) is 11.1 Å². The SMILES string of the molecule is COC(=O)[C@@H](Cc1ccccc1)NC(=O)C[C@H](NC(=O)[C@@H](Cc1ccccc1)NC(=O)C[C@H](NC(=O)OC(C)(C)C)C(C)C)C(C)C. The van der Waals surface area contributed by atoms with Crippen molar-refractivity contribution in [3.8, 4) is 0 Å². The van der Waals surface area contributed by atoms with Crippen LogP contribution in [-0.4, -0.2) is 66.7 Å². The molecule has 0 radical (unpaired) electrons. The van der Waals surface area contributed by atoms with Crippen molar-refractivity contribution in [1.82, 2.24) is 21.3 Å². The van der Waals surface area contributed by atoms with E-state index >= 15 is 0 Å². The fourth-order valence-electron chi connectivity index (χ4n) is 4.80. The molecule has 0 aromatic heterocycles. The number of benzene rings is 2. The van der Waals surface area contributed by atoms with E-state index in [-0.39, 0.29) is 37.5 Å². The molecule has 0 unspecified atom stereocenters. The standard InChI is InChI=1S/C36H52N4O7/c1-23(2)27(21-32(42)38-30(34(44)46-8)20-26-17-13-10-14-18-26)39-33(43)29(19-25-15-11-9-12-16-25)37-31(41)22-28(24(3)4)40-35(45)47-36(5,6)7/h9-18,23-24,27-30H,19-22H2,1-8H3,(H,37,41)(H,38,42)(H,39,43)(H,40,45)/t27-,28-,29+,30+/m0/s1. The van der Waals surface area contributed by atoms with Crippen LogP contribution in [0.15, 0.2) is 60.7 Å². The van der Waals surface area contributed by atoms with E-state index in [1.54, 1.807) is 20.8 Å². The Kier molecular flexibility index (Phi) is 15.4. The molecule has 0 saturated carbocycles. The highest BCUT2D eigenvalue weighted by Crippen LogP contribution is 2.13. The van der Waals surface area contributed by atoms with E-state index in [0.29, 0.717) is 0 Å². The summed E-state index contributed by atoms with van der Waals surface area (Å²) in [5, 5.41) is 11.3. The highest BCUT2D eigenvalue weighted by Gasteiger charge is 2.30. The normalized spacial score (nSPS) is 13.9. The first-order valence-corrected chi connectivity index (χ1v) is 16.1. The third-order valence-corrected chi connectivity index (χ3v) is 7.49. The summed E-state index contributed by atoms with van der Waals surface area (Å²) in [7, 11) is 1.27. The molecule has 0 heterocycles. The summed E-state index contributed by atoms with van der Waals surface area (Å²) < 4.78 is 10.3. The first-order valence-electron chi connectivity index (χ1n) is 16.1. The molecule has 0 spiro atoms. The average molecular weight is 653 g/mol. The summed E-state index contributed by atoms with van der Waals surface area (Å²) in [6.45, 7) is 12.8. The molecule has 0 saturated heterocycles. The minimum Gasteiger partial charge on any atom is -0.467 e. The number of carbonyl (C=O) groups is 5. The first kappa shape index (κ1) is 38.8. The van der Waals surface area contributed by atoms with Gasteiger partial charge < -0.3 is 30.7 Å². The van der Waals surface area contributed by atoms with Crippen LogP contribution in [-0.2, 0) is 41.5 Å². The van der Waals surface area contributed by atoms with Gasteiger partial charge >= 0.3 is 12.1 Å². The number of hydrogen-bond acceptors (Lipinski definition) is 7. The Morgan fingerprint density at radius 1 is 0.638 bits per heavy atom. The molecule has 4 amide bonds. The van der Waals surface area contributed by atoms with Crippen LogP contribution in [0, 0.1) is 11.8 Å². The average Bonchev–Trinajstić information content (AvgIpc) is 2.99. The Balaban J connectivity index is 2.16. The first-order chi connectivity index (χ1) is 22.1. The van der Waals surface area contributed by atoms with Crippen molar-refractivity contribution >= 4 is 29.8 Å². The highest BCUT2D eigenvalue weighted by atomic mass is 16.6. The largest absolute Gasteiger partial charge is 0.467 e. The number of methoxy groups -OCH3 is 1. The van der Waals surface area contributed by atoms with Gasteiger partial charge in [-0.1, -0.05) is 88.4 Å². The zero-order valence-electron chi connectivity index (χ0n) is 28.9. The second-order valence-corrected chi connectivity index (χ2v) is 13.4. The van der Waals surface area contributed by atoms with Crippen LogP contribution < -0.4 is 21.3 Å². The van der Waals surface area contributed by atoms with Gasteiger partial charge in [0.15, 0.2) is 0 Å². The predicted molar refractivity (Wildman–Crippen MR) is 180 cm³/mol. The number of alkyl carbamates (subject to hydrolysis) is 1. The van der Waals surface area contributed by atoms with Gasteiger partial charge in [0.25, 0.3) is 0 Å². The summed E-state index contributed by atoms with van der Waals surface area (Å²) in [4.78, 5) is 65.1. The van der Waals surface area contributed by atoms with E-state index in [2.05, 4.69) is 21.3 Å². The van der Waals surface area contributed by atoms with E-state index in [4.69, 9.17) is 9.47 Å². The van der Waals surface area contributed by atoms with Gasteiger partial charge in [0.05, 0.1) is 7.11 Å². The lowest BCUT2D eigenvalue weighted by atomic mass is 9.97. The second kappa shape index (κ2) is 18.7. The quantitative estimate of drug-likeness (QED) is 0.200. The number of esters is 1. The van der Waals surface area contributed by atoms with Crippen molar-refractivity contribution in [3.05, 3.63) is 71.8 Å². The summed E-state index contributed by atoms with van der Waals surface area (Å²) in [5.41, 5.74) is 0.997. The molecule has 2 aromatic rings. The monoisotopic (exact) mass is 652 g/mol. The second-order valence-electron chi connectivity index (χ2n) is 13.4. The summed E-state index contributed by atoms with van der Waals surface area (Å²) >= 11 is 0. The third kappa shape index (κ3) is 14.7. The molecule has 4 N–H and O–H groups in total. The number of rotatable bonds is 16. The summed E-state index contributed by atoms with van der Waals surface area (Å²) in [6, 6.07) is 15.6. The van der Waals surface area contributed by atoms with Gasteiger partial charge in [0.1, 0.15) is 17.7 Å². The van der Waals surface area contributed by atoms with Crippen molar-refractivity contribution in [3.63, 3.8) is 0 Å². The lowest BCUT2D eigenvalue weighted by Gasteiger charge is -2.28. The van der Waals surface area contributed by atoms with Gasteiger partial charge in [-0.3, -0.25) is 14.4 Å². The number of ether oxygens (including phenoxy) is 2. The smallest absolute Gasteiger partial charge is 0.407 e. The van der Waals surface area contributed by atoms with Crippen LogP contribution in [0.2, 0.25) is 0 Å². The number of hydrogen-bond donors (Lipinski definition) is 4. The summed E-state index contributed by atoms with van der Waals surface area (Å²) in [5.74, 6) is -2.10. The van der Waals surface area contributed by atoms with Crippen LogP contribution in [0.1, 0.15) is 72.4 Å². The Bertz CT molecular complexity index is 1310. The van der Waals surface area contributed by atoms with Gasteiger partial charge in [-0.2, -0.15) is 0 Å². The predicted octanol–water partition coefficient (Wildman–Crippen LogP) is 4.08. The van der Waals surface area contributed by atoms with Crippen LogP contribution in [0.5, 0.6) is 0 Å². The maximum Gasteiger partial charge on any atom is 0.407 e. The molecule has 11 heteroatoms. The summed E-state index contributed by atoms with van der Waals surface area (Å²) in [6.07, 6.45) is -0.320. The Morgan fingerprint density at radius 3 is 1.49 bits per heavy atom. The molecule has 4 atom stereocenters. The lowest BCUT2D eigenvalue weighted by molar-refractivity contribution is -0.145. The highest BCUT2D eigenvalue weighted by molar-refractivity contribution is 5.89. The van der Waals surface area contributed by atoms with Crippen molar-refractivity contribution in [2.45, 2.75) is 104 Å². The molecule has 47 heavy (non-hydrogen) atoms. The molecule has 2 rings (SSSR count). The van der Waals surface area contributed by atoms with Crippen LogP contribution in [0.25, 0.3) is 0 Å². The molecule has 0 fully saturated rings. The number of amides is 4. The topological polar surface area (TPSA) is 152 Å². The lowest BCUT2D eigenvalue weighted by Crippen LogP contribution is -2.54. The fourth-order valence-corrected chi connectivity index (χ4v) is 4.80. The van der Waals surface area contributed by atoms with E-state index in [1.807, 2.05) is 88.4 Å². The molecular formula is C36H52N4O7. The zero-order valence-corrected chi connectivity index (χ0v) is 28.9. The fraction of sp³-hybridized carbons (Fsp3) is 0.528. The van der Waals surface area contributed by atoms with E-state index in [1.165, 1.54) is 7.11 Å². The molecule has 0 bridgehead atoms. The maximum atomic E-state index is 13.7. The third-order valence-electron chi connectivity index (χ3n) is 7.49.